The summed E-state index contributed by atoms with van der Waals surface area (Å²) in [6, 6.07) is 20.7. The average Bonchev–Trinajstić information content (AvgIpc) is 2.88. The minimum atomic E-state index is -0.367. The van der Waals surface area contributed by atoms with Crippen molar-refractivity contribution < 1.29 is 14.3 Å². The van der Waals surface area contributed by atoms with E-state index in [-0.39, 0.29) is 17.6 Å². The largest absolute Gasteiger partial charge is 0.449 e. The smallest absolute Gasteiger partial charge is 0.291 e. The van der Waals surface area contributed by atoms with Crippen molar-refractivity contribution in [3.8, 4) is 5.75 Å². The number of carbonyl (C=O) groups is 2. The second-order valence-electron chi connectivity index (χ2n) is 8.73. The summed E-state index contributed by atoms with van der Waals surface area (Å²) in [5.74, 6) is 0.130. The number of nitrogens with one attached hydrogen (secondary N) is 2. The molecule has 3 aromatic rings. The number of halogens is 1. The highest BCUT2D eigenvalue weighted by Gasteiger charge is 2.23. The summed E-state index contributed by atoms with van der Waals surface area (Å²) in [6.45, 7) is 3.53. The minimum Gasteiger partial charge on any atom is -0.449 e. The zero-order valence-electron chi connectivity index (χ0n) is 19.2. The molecular formula is C28H26ClN3O3. The van der Waals surface area contributed by atoms with E-state index in [9.17, 15) is 9.59 Å². The van der Waals surface area contributed by atoms with Crippen LogP contribution in [0.4, 0.5) is 5.69 Å². The molecule has 0 unspecified atom stereocenters. The Kier molecular flexibility index (Phi) is 6.84. The van der Waals surface area contributed by atoms with Crippen LogP contribution in [0.3, 0.4) is 0 Å². The third-order valence-electron chi connectivity index (χ3n) is 6.25. The molecule has 2 aliphatic rings. The highest BCUT2D eigenvalue weighted by atomic mass is 35.5. The van der Waals surface area contributed by atoms with Gasteiger partial charge in [-0.25, -0.2) is 0 Å². The normalized spacial score (nSPS) is 16.1. The Morgan fingerprint density at radius 1 is 1.09 bits per heavy atom. The van der Waals surface area contributed by atoms with E-state index in [0.29, 0.717) is 28.6 Å². The molecule has 6 nitrogen and oxygen atoms in total. The molecular weight excluding hydrogens is 462 g/mol. The summed E-state index contributed by atoms with van der Waals surface area (Å²) in [7, 11) is 0. The van der Waals surface area contributed by atoms with Crippen LogP contribution in [0.15, 0.2) is 72.5 Å². The monoisotopic (exact) mass is 487 g/mol. The lowest BCUT2D eigenvalue weighted by Crippen LogP contribution is -2.33. The zero-order chi connectivity index (χ0) is 24.2. The third-order valence-corrected chi connectivity index (χ3v) is 6.50. The van der Waals surface area contributed by atoms with E-state index in [0.717, 1.165) is 38.0 Å². The molecule has 2 amide bonds. The van der Waals surface area contributed by atoms with Crippen LogP contribution < -0.4 is 15.4 Å². The first-order valence-electron chi connectivity index (χ1n) is 11.7. The summed E-state index contributed by atoms with van der Waals surface area (Å²) in [5, 5.41) is 6.41. The average molecular weight is 488 g/mol. The fourth-order valence-corrected chi connectivity index (χ4v) is 4.49. The van der Waals surface area contributed by atoms with Gasteiger partial charge in [0.1, 0.15) is 0 Å². The van der Waals surface area contributed by atoms with Crippen LogP contribution >= 0.6 is 11.6 Å². The van der Waals surface area contributed by atoms with Crippen LogP contribution in [0.1, 0.15) is 33.5 Å². The molecule has 0 saturated carbocycles. The highest BCUT2D eigenvalue weighted by Crippen LogP contribution is 2.32. The van der Waals surface area contributed by atoms with Gasteiger partial charge in [0.15, 0.2) is 11.5 Å². The molecule has 0 atom stereocenters. The number of amides is 2. The van der Waals surface area contributed by atoms with Gasteiger partial charge in [0.2, 0.25) is 0 Å². The molecule has 178 valence electrons. The van der Waals surface area contributed by atoms with Crippen molar-refractivity contribution >= 4 is 35.2 Å². The van der Waals surface area contributed by atoms with E-state index in [4.69, 9.17) is 16.3 Å². The topological polar surface area (TPSA) is 70.7 Å². The molecule has 0 aliphatic carbocycles. The van der Waals surface area contributed by atoms with Crippen LogP contribution in [0, 0.1) is 0 Å². The number of benzene rings is 3. The molecule has 3 aromatic carbocycles. The highest BCUT2D eigenvalue weighted by molar-refractivity contribution is 6.30. The Labute approximate surface area is 209 Å². The van der Waals surface area contributed by atoms with Crippen LogP contribution in [0.25, 0.3) is 6.08 Å². The van der Waals surface area contributed by atoms with Crippen molar-refractivity contribution in [1.29, 1.82) is 0 Å². The summed E-state index contributed by atoms with van der Waals surface area (Å²) in [6.07, 6.45) is 3.59. The fourth-order valence-electron chi connectivity index (χ4n) is 4.36. The van der Waals surface area contributed by atoms with Crippen molar-refractivity contribution in [3.63, 3.8) is 0 Å². The number of anilines is 1. The second-order valence-corrected chi connectivity index (χ2v) is 9.17. The summed E-state index contributed by atoms with van der Waals surface area (Å²) in [4.78, 5) is 27.6. The minimum absolute atomic E-state index is 0.173. The maximum absolute atomic E-state index is 12.7. The molecule has 0 fully saturated rings. The number of hydrogen-bond acceptors (Lipinski definition) is 4. The van der Waals surface area contributed by atoms with Gasteiger partial charge in [-0.2, -0.15) is 0 Å². The van der Waals surface area contributed by atoms with Crippen molar-refractivity contribution in [3.05, 3.63) is 99.8 Å². The summed E-state index contributed by atoms with van der Waals surface area (Å²) in [5.41, 5.74) is 4.58. The van der Waals surface area contributed by atoms with E-state index in [1.165, 1.54) is 11.1 Å². The van der Waals surface area contributed by atoms with Crippen molar-refractivity contribution in [2.45, 2.75) is 19.4 Å². The van der Waals surface area contributed by atoms with Gasteiger partial charge in [0, 0.05) is 36.8 Å². The van der Waals surface area contributed by atoms with E-state index in [1.54, 1.807) is 48.5 Å². The second kappa shape index (κ2) is 10.3. The van der Waals surface area contributed by atoms with E-state index in [2.05, 4.69) is 39.8 Å². The molecule has 0 bridgehead atoms. The standard InChI is InChI=1S/C28H26ClN3O3/c29-23-9-6-19(7-10-23)16-26-28(34)31-24-17-21(8-11-25(24)35-26)27(33)30-13-3-14-32-15-12-20-4-1-2-5-22(20)18-32/h1-2,4-11,16-17H,3,12-15,18H2,(H,30,33)(H,31,34). The first kappa shape index (κ1) is 23.1. The molecule has 0 radical (unpaired) electrons. The van der Waals surface area contributed by atoms with Gasteiger partial charge in [-0.05, 0) is 65.9 Å². The molecule has 0 aromatic heterocycles. The maximum atomic E-state index is 12.7. The maximum Gasteiger partial charge on any atom is 0.291 e. The van der Waals surface area contributed by atoms with Gasteiger partial charge in [0.25, 0.3) is 11.8 Å². The van der Waals surface area contributed by atoms with Gasteiger partial charge in [-0.3, -0.25) is 14.5 Å². The van der Waals surface area contributed by atoms with Crippen LogP contribution in [0.5, 0.6) is 5.75 Å². The van der Waals surface area contributed by atoms with Gasteiger partial charge in [-0.1, -0.05) is 48.0 Å². The van der Waals surface area contributed by atoms with Crippen molar-refractivity contribution in [1.82, 2.24) is 10.2 Å². The molecule has 0 spiro atoms. The van der Waals surface area contributed by atoms with E-state index < -0.39 is 0 Å². The molecule has 7 heteroatoms. The SMILES string of the molecule is O=C1Nc2cc(C(=O)NCCCN3CCc4ccccc4C3)ccc2OC1=Cc1ccc(Cl)cc1. The van der Waals surface area contributed by atoms with Crippen LogP contribution in [-0.2, 0) is 17.8 Å². The number of nitrogens with zero attached hydrogens (tertiary/aromatic N) is 1. The summed E-state index contributed by atoms with van der Waals surface area (Å²) >= 11 is 5.92. The predicted molar refractivity (Wildman–Crippen MR) is 138 cm³/mol. The summed E-state index contributed by atoms with van der Waals surface area (Å²) < 4.78 is 5.78. The number of hydrogen-bond donors (Lipinski definition) is 2. The molecule has 2 N–H and O–H groups in total. The lowest BCUT2D eigenvalue weighted by Gasteiger charge is -2.28. The Morgan fingerprint density at radius 3 is 2.71 bits per heavy atom. The van der Waals surface area contributed by atoms with Crippen molar-refractivity contribution in [2.24, 2.45) is 0 Å². The number of ether oxygens (including phenoxy) is 1. The first-order valence-corrected chi connectivity index (χ1v) is 12.1. The van der Waals surface area contributed by atoms with Crippen molar-refractivity contribution in [2.75, 3.05) is 25.0 Å². The quantitative estimate of drug-likeness (QED) is 0.383. The number of fused-ring (bicyclic) bond motifs is 2. The number of carbonyl (C=O) groups excluding carboxylic acids is 2. The molecule has 5 rings (SSSR count). The van der Waals surface area contributed by atoms with Gasteiger partial charge >= 0.3 is 0 Å². The van der Waals surface area contributed by atoms with Gasteiger partial charge in [0.05, 0.1) is 5.69 Å². The Bertz CT molecular complexity index is 1290. The fraction of sp³-hybridized carbons (Fsp3) is 0.214. The van der Waals surface area contributed by atoms with Gasteiger partial charge in [-0.15, -0.1) is 0 Å². The lowest BCUT2D eigenvalue weighted by molar-refractivity contribution is -0.115. The predicted octanol–water partition coefficient (Wildman–Crippen LogP) is 4.89. The van der Waals surface area contributed by atoms with E-state index in [1.807, 2.05) is 0 Å². The zero-order valence-corrected chi connectivity index (χ0v) is 20.0. The number of rotatable bonds is 6. The van der Waals surface area contributed by atoms with E-state index >= 15 is 0 Å². The van der Waals surface area contributed by atoms with Crippen LogP contribution in [-0.4, -0.2) is 36.3 Å². The Morgan fingerprint density at radius 2 is 1.89 bits per heavy atom. The Balaban J connectivity index is 1.14. The van der Waals surface area contributed by atoms with Crippen LogP contribution in [0.2, 0.25) is 5.02 Å². The third kappa shape index (κ3) is 5.56. The lowest BCUT2D eigenvalue weighted by atomic mass is 10.00. The molecule has 2 heterocycles. The molecule has 0 saturated heterocycles. The Hall–Kier alpha value is -3.61. The molecule has 35 heavy (non-hydrogen) atoms. The molecule has 2 aliphatic heterocycles. The van der Waals surface area contributed by atoms with Gasteiger partial charge < -0.3 is 15.4 Å². The first-order chi connectivity index (χ1) is 17.0.